The minimum absolute atomic E-state index is 0.0233. The molecule has 1 atom stereocenters. The lowest BCUT2D eigenvalue weighted by atomic mass is 10.5. The van der Waals surface area contributed by atoms with Gasteiger partial charge in [0, 0.05) is 19.8 Å². The summed E-state index contributed by atoms with van der Waals surface area (Å²) in [6, 6.07) is 2.62. The molecule has 23 heavy (non-hydrogen) atoms. The third-order valence-electron chi connectivity index (χ3n) is 3.00. The molecular weight excluding hydrogens is 327 g/mol. The summed E-state index contributed by atoms with van der Waals surface area (Å²) in [5.74, 6) is -0.183. The van der Waals surface area contributed by atoms with E-state index >= 15 is 0 Å². The van der Waals surface area contributed by atoms with Crippen LogP contribution in [0.3, 0.4) is 0 Å². The highest BCUT2D eigenvalue weighted by Gasteiger charge is 2.30. The van der Waals surface area contributed by atoms with E-state index in [0.717, 1.165) is 6.42 Å². The summed E-state index contributed by atoms with van der Waals surface area (Å²) in [4.78, 5) is 9.93. The Morgan fingerprint density at radius 3 is 2.78 bits per heavy atom. The SMILES string of the molecule is CCCOCP(=O)(OCc1ccc([N+](=O)[O-])o1)N(C)CCCO. The van der Waals surface area contributed by atoms with Crippen LogP contribution in [-0.2, 0) is 20.4 Å². The lowest BCUT2D eigenvalue weighted by molar-refractivity contribution is -0.402. The van der Waals surface area contributed by atoms with Crippen LogP contribution in [0.15, 0.2) is 16.5 Å². The Balaban J connectivity index is 2.70. The van der Waals surface area contributed by atoms with Crippen molar-refractivity contribution in [2.45, 2.75) is 26.4 Å². The molecule has 10 heteroatoms. The van der Waals surface area contributed by atoms with Gasteiger partial charge in [-0.3, -0.25) is 14.7 Å². The van der Waals surface area contributed by atoms with Crippen LogP contribution in [0.25, 0.3) is 0 Å². The topological polar surface area (TPSA) is 115 Å². The number of hydrogen-bond donors (Lipinski definition) is 1. The van der Waals surface area contributed by atoms with Gasteiger partial charge in [0.15, 0.2) is 0 Å². The van der Waals surface area contributed by atoms with Crippen molar-refractivity contribution < 1.29 is 28.3 Å². The smallest absolute Gasteiger partial charge is 0.403 e. The molecule has 0 saturated heterocycles. The molecule has 1 aromatic rings. The first kappa shape index (κ1) is 19.8. The van der Waals surface area contributed by atoms with Crippen LogP contribution in [0.5, 0.6) is 0 Å². The van der Waals surface area contributed by atoms with Crippen LogP contribution in [0, 0.1) is 10.1 Å². The van der Waals surface area contributed by atoms with Crippen LogP contribution in [0.2, 0.25) is 0 Å². The maximum atomic E-state index is 12.9. The van der Waals surface area contributed by atoms with Crippen LogP contribution >= 0.6 is 7.52 Å². The van der Waals surface area contributed by atoms with Gasteiger partial charge in [-0.25, -0.2) is 4.67 Å². The average Bonchev–Trinajstić information content (AvgIpc) is 3.00. The predicted molar refractivity (Wildman–Crippen MR) is 83.2 cm³/mol. The molecule has 1 unspecified atom stereocenters. The molecule has 0 aliphatic carbocycles. The van der Waals surface area contributed by atoms with Gasteiger partial charge >= 0.3 is 5.88 Å². The summed E-state index contributed by atoms with van der Waals surface area (Å²) in [5.41, 5.74) is 0. The molecule has 1 aromatic heterocycles. The van der Waals surface area contributed by atoms with Crippen molar-refractivity contribution in [3.8, 4) is 0 Å². The maximum absolute atomic E-state index is 12.9. The zero-order valence-corrected chi connectivity index (χ0v) is 14.2. The number of hydrogen-bond acceptors (Lipinski definition) is 7. The monoisotopic (exact) mass is 350 g/mol. The zero-order valence-electron chi connectivity index (χ0n) is 13.3. The summed E-state index contributed by atoms with van der Waals surface area (Å²) in [5, 5.41) is 19.5. The molecule has 0 aromatic carbocycles. The van der Waals surface area contributed by atoms with Crippen molar-refractivity contribution in [2.24, 2.45) is 0 Å². The Bertz CT molecular complexity index is 534. The van der Waals surface area contributed by atoms with Gasteiger partial charge in [-0.2, -0.15) is 0 Å². The highest BCUT2D eigenvalue weighted by molar-refractivity contribution is 7.56. The van der Waals surface area contributed by atoms with Crippen molar-refractivity contribution in [1.82, 2.24) is 4.67 Å². The highest BCUT2D eigenvalue weighted by Crippen LogP contribution is 2.50. The molecule has 9 nitrogen and oxygen atoms in total. The summed E-state index contributed by atoms with van der Waals surface area (Å²) in [7, 11) is -1.66. The molecule has 1 rings (SSSR count). The van der Waals surface area contributed by atoms with Gasteiger partial charge in [-0.05, 0) is 26.0 Å². The van der Waals surface area contributed by atoms with E-state index in [0.29, 0.717) is 19.6 Å². The molecule has 0 saturated carbocycles. The summed E-state index contributed by atoms with van der Waals surface area (Å²) in [6.07, 6.45) is 1.14. The number of aliphatic hydroxyl groups excluding tert-OH is 1. The second kappa shape index (κ2) is 9.79. The van der Waals surface area contributed by atoms with Crippen LogP contribution < -0.4 is 0 Å². The first-order valence-electron chi connectivity index (χ1n) is 7.30. The molecule has 0 radical (unpaired) electrons. The van der Waals surface area contributed by atoms with Gasteiger partial charge in [0.05, 0.1) is 6.07 Å². The minimum atomic E-state index is -3.28. The van der Waals surface area contributed by atoms with E-state index in [1.165, 1.54) is 16.8 Å². The van der Waals surface area contributed by atoms with Crippen LogP contribution in [0.4, 0.5) is 5.88 Å². The normalized spacial score (nSPS) is 14.1. The Hall–Kier alpha value is -1.25. The second-order valence-corrected chi connectivity index (χ2v) is 7.38. The fraction of sp³-hybridized carbons (Fsp3) is 0.692. The number of rotatable bonds is 12. The van der Waals surface area contributed by atoms with Crippen molar-refractivity contribution in [1.29, 1.82) is 0 Å². The molecule has 0 bridgehead atoms. The van der Waals surface area contributed by atoms with E-state index in [9.17, 15) is 14.7 Å². The molecule has 0 amide bonds. The van der Waals surface area contributed by atoms with Crippen molar-refractivity contribution in [3.63, 3.8) is 0 Å². The quantitative estimate of drug-likeness (QED) is 0.265. The van der Waals surface area contributed by atoms with E-state index in [2.05, 4.69) is 0 Å². The lowest BCUT2D eigenvalue weighted by Crippen LogP contribution is -2.22. The lowest BCUT2D eigenvalue weighted by Gasteiger charge is -2.27. The van der Waals surface area contributed by atoms with Gasteiger partial charge in [0.2, 0.25) is 0 Å². The molecule has 0 aliphatic heterocycles. The van der Waals surface area contributed by atoms with Gasteiger partial charge in [0.25, 0.3) is 7.52 Å². The molecule has 0 spiro atoms. The number of ether oxygens (including phenoxy) is 1. The van der Waals surface area contributed by atoms with Gasteiger partial charge < -0.3 is 18.8 Å². The van der Waals surface area contributed by atoms with E-state index in [1.807, 2.05) is 6.92 Å². The Labute approximate surface area is 134 Å². The highest BCUT2D eigenvalue weighted by atomic mass is 31.2. The molecule has 1 N–H and O–H groups in total. The number of furan rings is 1. The first-order valence-corrected chi connectivity index (χ1v) is 9.06. The fourth-order valence-corrected chi connectivity index (χ4v) is 3.32. The molecule has 0 fully saturated rings. The fourth-order valence-electron chi connectivity index (χ4n) is 1.72. The third-order valence-corrected chi connectivity index (χ3v) is 5.28. The Morgan fingerprint density at radius 1 is 1.48 bits per heavy atom. The minimum Gasteiger partial charge on any atom is -0.403 e. The number of nitrogens with zero attached hydrogens (tertiary/aromatic N) is 2. The Morgan fingerprint density at radius 2 is 2.22 bits per heavy atom. The average molecular weight is 350 g/mol. The molecular formula is C13H23N2O7P. The van der Waals surface area contributed by atoms with E-state index in [1.54, 1.807) is 7.05 Å². The number of nitro groups is 1. The zero-order chi connectivity index (χ0) is 17.3. The first-order chi connectivity index (χ1) is 10.9. The van der Waals surface area contributed by atoms with Crippen LogP contribution in [-0.4, -0.2) is 47.9 Å². The third kappa shape index (κ3) is 6.40. The van der Waals surface area contributed by atoms with E-state index in [-0.39, 0.29) is 25.3 Å². The maximum Gasteiger partial charge on any atom is 0.433 e. The number of aliphatic hydroxyl groups is 1. The van der Waals surface area contributed by atoms with Crippen LogP contribution in [0.1, 0.15) is 25.5 Å². The van der Waals surface area contributed by atoms with Crippen molar-refractivity contribution in [2.75, 3.05) is 33.2 Å². The van der Waals surface area contributed by atoms with Gasteiger partial charge in [-0.1, -0.05) is 6.92 Å². The molecule has 1 heterocycles. The van der Waals surface area contributed by atoms with Crippen molar-refractivity contribution in [3.05, 3.63) is 28.0 Å². The van der Waals surface area contributed by atoms with Gasteiger partial charge in [0.1, 0.15) is 23.6 Å². The summed E-state index contributed by atoms with van der Waals surface area (Å²) in [6.45, 7) is 2.58. The second-order valence-electron chi connectivity index (χ2n) is 4.90. The molecule has 0 aliphatic rings. The summed E-state index contributed by atoms with van der Waals surface area (Å²) < 4.78 is 30.2. The van der Waals surface area contributed by atoms with Crippen molar-refractivity contribution >= 4 is 13.4 Å². The van der Waals surface area contributed by atoms with Gasteiger partial charge in [-0.15, -0.1) is 0 Å². The Kier molecular flexibility index (Phi) is 8.43. The standard InChI is InChI=1S/C13H23N2O7P/c1-3-9-20-11-23(19,14(2)7-4-8-16)21-10-12-5-6-13(22-12)15(17)18/h5-6,16H,3-4,7-11H2,1-2H3. The predicted octanol–water partition coefficient (Wildman–Crippen LogP) is 2.60. The molecule has 132 valence electrons. The largest absolute Gasteiger partial charge is 0.433 e. The van der Waals surface area contributed by atoms with E-state index < -0.39 is 18.3 Å². The van der Waals surface area contributed by atoms with E-state index in [4.69, 9.17) is 18.8 Å². The summed E-state index contributed by atoms with van der Waals surface area (Å²) >= 11 is 0.